The number of nitrogens with two attached hydrogens (primary N) is 1. The number of ketones is 1. The molecule has 0 spiro atoms. The molecule has 2 aromatic rings. The molecule has 1 aliphatic rings. The van der Waals surface area contributed by atoms with Crippen molar-refractivity contribution < 1.29 is 14.3 Å². The van der Waals surface area contributed by atoms with Crippen LogP contribution in [-0.2, 0) is 11.3 Å². The van der Waals surface area contributed by atoms with Gasteiger partial charge in [0.05, 0.1) is 12.2 Å². The lowest BCUT2D eigenvalue weighted by molar-refractivity contribution is -0.121. The number of carbonyl (C=O) groups excluding carboxylic acids is 2. The number of carbonyl (C=O) groups is 2. The number of anilines is 1. The summed E-state index contributed by atoms with van der Waals surface area (Å²) in [5, 5.41) is 0. The van der Waals surface area contributed by atoms with Gasteiger partial charge in [0.25, 0.3) is 5.91 Å². The van der Waals surface area contributed by atoms with Crippen molar-refractivity contribution in [3.63, 3.8) is 0 Å². The molecule has 0 saturated carbocycles. The van der Waals surface area contributed by atoms with Gasteiger partial charge in [0.15, 0.2) is 12.4 Å². The van der Waals surface area contributed by atoms with Crippen LogP contribution in [0.15, 0.2) is 48.5 Å². The Hall–Kier alpha value is -2.66. The number of hydrogen-bond donors (Lipinski definition) is 1. The van der Waals surface area contributed by atoms with Gasteiger partial charge in [0.2, 0.25) is 0 Å². The molecular formula is C17H16N2O3. The van der Waals surface area contributed by atoms with E-state index in [0.717, 1.165) is 5.56 Å². The molecule has 22 heavy (non-hydrogen) atoms. The van der Waals surface area contributed by atoms with Crippen molar-refractivity contribution in [3.05, 3.63) is 59.7 Å². The van der Waals surface area contributed by atoms with Crippen molar-refractivity contribution in [3.8, 4) is 5.75 Å². The first-order valence-corrected chi connectivity index (χ1v) is 7.03. The Labute approximate surface area is 128 Å². The first-order chi connectivity index (χ1) is 10.7. The molecule has 0 radical (unpaired) electrons. The highest BCUT2D eigenvalue weighted by Crippen LogP contribution is 2.33. The molecular weight excluding hydrogens is 280 g/mol. The lowest BCUT2D eigenvalue weighted by atomic mass is 10.1. The second-order valence-electron chi connectivity index (χ2n) is 5.06. The number of amides is 1. The van der Waals surface area contributed by atoms with Crippen molar-refractivity contribution in [1.82, 2.24) is 0 Å². The molecule has 0 saturated heterocycles. The van der Waals surface area contributed by atoms with Gasteiger partial charge in [-0.2, -0.15) is 0 Å². The summed E-state index contributed by atoms with van der Waals surface area (Å²) in [4.78, 5) is 25.9. The molecule has 1 heterocycles. The zero-order chi connectivity index (χ0) is 15.5. The van der Waals surface area contributed by atoms with Crippen molar-refractivity contribution in [2.75, 3.05) is 18.1 Å². The molecule has 0 atom stereocenters. The minimum atomic E-state index is -0.225. The summed E-state index contributed by atoms with van der Waals surface area (Å²) >= 11 is 0. The highest BCUT2D eigenvalue weighted by atomic mass is 16.5. The molecule has 2 N–H and O–H groups in total. The Balaban J connectivity index is 1.88. The fourth-order valence-electron chi connectivity index (χ4n) is 2.41. The van der Waals surface area contributed by atoms with Crippen molar-refractivity contribution in [1.29, 1.82) is 0 Å². The van der Waals surface area contributed by atoms with Crippen LogP contribution in [0, 0.1) is 0 Å². The molecule has 0 bridgehead atoms. The summed E-state index contributed by atoms with van der Waals surface area (Å²) in [6.07, 6.45) is 0. The zero-order valence-corrected chi connectivity index (χ0v) is 12.0. The first kappa shape index (κ1) is 14.3. The van der Waals surface area contributed by atoms with Crippen molar-refractivity contribution in [2.45, 2.75) is 6.54 Å². The molecule has 112 valence electrons. The average molecular weight is 296 g/mol. The summed E-state index contributed by atoms with van der Waals surface area (Å²) in [6.45, 7) is 0.331. The number of fused-ring (bicyclic) bond motifs is 1. The Morgan fingerprint density at radius 2 is 1.95 bits per heavy atom. The Morgan fingerprint density at radius 3 is 2.68 bits per heavy atom. The van der Waals surface area contributed by atoms with Crippen LogP contribution in [-0.4, -0.2) is 24.8 Å². The number of rotatable bonds is 4. The van der Waals surface area contributed by atoms with Crippen molar-refractivity contribution in [2.24, 2.45) is 5.73 Å². The van der Waals surface area contributed by atoms with E-state index in [4.69, 9.17) is 10.5 Å². The fraction of sp³-hybridized carbons (Fsp3) is 0.176. The molecule has 3 rings (SSSR count). The van der Waals surface area contributed by atoms with Gasteiger partial charge in [-0.1, -0.05) is 36.4 Å². The van der Waals surface area contributed by atoms with Crippen LogP contribution in [0.5, 0.6) is 5.75 Å². The molecule has 5 heteroatoms. The van der Waals surface area contributed by atoms with Gasteiger partial charge in [-0.3, -0.25) is 14.5 Å². The van der Waals surface area contributed by atoms with E-state index in [-0.39, 0.29) is 24.8 Å². The maximum Gasteiger partial charge on any atom is 0.265 e. The topological polar surface area (TPSA) is 72.6 Å². The van der Waals surface area contributed by atoms with E-state index >= 15 is 0 Å². The summed E-state index contributed by atoms with van der Waals surface area (Å²) in [6, 6.07) is 14.3. The zero-order valence-electron chi connectivity index (χ0n) is 12.0. The summed E-state index contributed by atoms with van der Waals surface area (Å²) in [5.41, 5.74) is 7.72. The van der Waals surface area contributed by atoms with E-state index in [1.807, 2.05) is 18.2 Å². The Morgan fingerprint density at radius 1 is 1.18 bits per heavy atom. The number of hydrogen-bond acceptors (Lipinski definition) is 4. The largest absolute Gasteiger partial charge is 0.482 e. The van der Waals surface area contributed by atoms with Gasteiger partial charge < -0.3 is 10.5 Å². The molecule has 2 aromatic carbocycles. The van der Waals surface area contributed by atoms with Gasteiger partial charge in [-0.25, -0.2) is 0 Å². The SMILES string of the molecule is NCc1ccc2c(c1)OCC(=O)N2CC(=O)c1ccccc1. The van der Waals surface area contributed by atoms with E-state index in [1.54, 1.807) is 30.3 Å². The minimum absolute atomic E-state index is 0.00117. The molecule has 0 fully saturated rings. The van der Waals surface area contributed by atoms with Crippen LogP contribution in [0.4, 0.5) is 5.69 Å². The van der Waals surface area contributed by atoms with Gasteiger partial charge >= 0.3 is 0 Å². The third kappa shape index (κ3) is 2.71. The molecule has 0 unspecified atom stereocenters. The van der Waals surface area contributed by atoms with Gasteiger partial charge in [0, 0.05) is 12.1 Å². The highest BCUT2D eigenvalue weighted by Gasteiger charge is 2.27. The van der Waals surface area contributed by atoms with E-state index in [0.29, 0.717) is 23.5 Å². The van der Waals surface area contributed by atoms with E-state index in [2.05, 4.69) is 0 Å². The second-order valence-corrected chi connectivity index (χ2v) is 5.06. The van der Waals surface area contributed by atoms with Crippen molar-refractivity contribution >= 4 is 17.4 Å². The number of ether oxygens (including phenoxy) is 1. The maximum atomic E-state index is 12.3. The highest BCUT2D eigenvalue weighted by molar-refractivity contribution is 6.07. The molecule has 0 aromatic heterocycles. The van der Waals surface area contributed by atoms with Crippen LogP contribution < -0.4 is 15.4 Å². The Bertz CT molecular complexity index is 713. The molecule has 5 nitrogen and oxygen atoms in total. The average Bonchev–Trinajstić information content (AvgIpc) is 2.57. The second kappa shape index (κ2) is 5.99. The number of Topliss-reactive ketones (excluding diaryl/α,β-unsaturated/α-hetero) is 1. The maximum absolute atomic E-state index is 12.3. The smallest absolute Gasteiger partial charge is 0.265 e. The predicted octanol–water partition coefficient (Wildman–Crippen LogP) is 1.75. The molecule has 1 aliphatic heterocycles. The van der Waals surface area contributed by atoms with Gasteiger partial charge in [0.1, 0.15) is 5.75 Å². The summed E-state index contributed by atoms with van der Waals surface area (Å²) in [5.74, 6) is 0.255. The quantitative estimate of drug-likeness (QED) is 0.872. The third-order valence-corrected chi connectivity index (χ3v) is 3.60. The van der Waals surface area contributed by atoms with Crippen LogP contribution in [0.1, 0.15) is 15.9 Å². The standard InChI is InChI=1S/C17H16N2O3/c18-9-12-6-7-14-16(8-12)22-11-17(21)19(14)10-15(20)13-4-2-1-3-5-13/h1-8H,9-11,18H2. The Kier molecular flexibility index (Phi) is 3.89. The van der Waals surface area contributed by atoms with Crippen LogP contribution in [0.3, 0.4) is 0 Å². The summed E-state index contributed by atoms with van der Waals surface area (Å²) in [7, 11) is 0. The number of nitrogens with zero attached hydrogens (tertiary/aromatic N) is 1. The van der Waals surface area contributed by atoms with Crippen LogP contribution >= 0.6 is 0 Å². The van der Waals surface area contributed by atoms with E-state index in [1.165, 1.54) is 4.90 Å². The molecule has 1 amide bonds. The van der Waals surface area contributed by atoms with E-state index in [9.17, 15) is 9.59 Å². The minimum Gasteiger partial charge on any atom is -0.482 e. The van der Waals surface area contributed by atoms with Crippen LogP contribution in [0.25, 0.3) is 0 Å². The fourth-order valence-corrected chi connectivity index (χ4v) is 2.41. The lowest BCUT2D eigenvalue weighted by Gasteiger charge is -2.29. The normalized spacial score (nSPS) is 13.5. The third-order valence-electron chi connectivity index (χ3n) is 3.60. The molecule has 0 aliphatic carbocycles. The lowest BCUT2D eigenvalue weighted by Crippen LogP contribution is -2.42. The predicted molar refractivity (Wildman–Crippen MR) is 83.0 cm³/mol. The van der Waals surface area contributed by atoms with E-state index < -0.39 is 0 Å². The monoisotopic (exact) mass is 296 g/mol. The van der Waals surface area contributed by atoms with Crippen LogP contribution in [0.2, 0.25) is 0 Å². The summed E-state index contributed by atoms with van der Waals surface area (Å²) < 4.78 is 5.44. The number of benzene rings is 2. The van der Waals surface area contributed by atoms with Gasteiger partial charge in [-0.05, 0) is 17.7 Å². The first-order valence-electron chi connectivity index (χ1n) is 7.03. The van der Waals surface area contributed by atoms with Gasteiger partial charge in [-0.15, -0.1) is 0 Å².